The molecule has 0 unspecified atom stereocenters. The third kappa shape index (κ3) is 3.44. The molecule has 0 radical (unpaired) electrons. The summed E-state index contributed by atoms with van der Waals surface area (Å²) in [4.78, 5) is 14.9. The maximum Gasteiger partial charge on any atom is 0.303 e. The smallest absolute Gasteiger partial charge is 0.303 e. The Morgan fingerprint density at radius 3 is 2.53 bits per heavy atom. The van der Waals surface area contributed by atoms with Crippen LogP contribution in [0.1, 0.15) is 37.4 Å². The summed E-state index contributed by atoms with van der Waals surface area (Å²) in [7, 11) is 0. The van der Waals surface area contributed by atoms with Crippen LogP contribution in [0.2, 0.25) is 0 Å². The summed E-state index contributed by atoms with van der Waals surface area (Å²) in [6.07, 6.45) is 4.57. The van der Waals surface area contributed by atoms with Crippen molar-refractivity contribution in [1.82, 2.24) is 9.55 Å². The van der Waals surface area contributed by atoms with Crippen molar-refractivity contribution in [2.24, 2.45) is 0 Å². The largest absolute Gasteiger partial charge is 0.481 e. The van der Waals surface area contributed by atoms with Crippen LogP contribution in [0.4, 0.5) is 0 Å². The van der Waals surface area contributed by atoms with Crippen LogP contribution < -0.4 is 0 Å². The summed E-state index contributed by atoms with van der Waals surface area (Å²) in [5, 5.41) is 8.65. The Labute approximate surface area is 112 Å². The molecule has 100 valence electrons. The van der Waals surface area contributed by atoms with Crippen molar-refractivity contribution < 1.29 is 9.90 Å². The minimum Gasteiger partial charge on any atom is -0.481 e. The molecule has 0 spiro atoms. The number of aliphatic carboxylic acids is 1. The molecule has 0 amide bonds. The van der Waals surface area contributed by atoms with Crippen molar-refractivity contribution in [1.29, 1.82) is 0 Å². The summed E-state index contributed by atoms with van der Waals surface area (Å²) < 4.78 is 1.98. The van der Waals surface area contributed by atoms with Crippen molar-refractivity contribution in [3.63, 3.8) is 0 Å². The molecule has 0 aliphatic heterocycles. The summed E-state index contributed by atoms with van der Waals surface area (Å²) in [6, 6.07) is 7.91. The first kappa shape index (κ1) is 13.3. The lowest BCUT2D eigenvalue weighted by Gasteiger charge is -2.04. The van der Waals surface area contributed by atoms with Gasteiger partial charge in [-0.1, -0.05) is 26.0 Å². The topological polar surface area (TPSA) is 55.1 Å². The average molecular weight is 258 g/mol. The molecule has 4 heteroatoms. The summed E-state index contributed by atoms with van der Waals surface area (Å²) in [5.74, 6) is -0.351. The molecule has 1 aromatic carbocycles. The lowest BCUT2D eigenvalue weighted by atomic mass is 10.1. The predicted octanol–water partition coefficient (Wildman–Crippen LogP) is 3.01. The van der Waals surface area contributed by atoms with E-state index >= 15 is 0 Å². The number of carboxylic acids is 1. The van der Waals surface area contributed by atoms with Gasteiger partial charge in [0.05, 0.1) is 12.0 Å². The summed E-state index contributed by atoms with van der Waals surface area (Å²) in [6.45, 7) is 4.23. The molecule has 2 rings (SSSR count). The molecule has 0 saturated carbocycles. The minimum absolute atomic E-state index is 0.169. The van der Waals surface area contributed by atoms with Crippen molar-refractivity contribution in [3.05, 3.63) is 48.0 Å². The number of imidazole rings is 1. The fourth-order valence-electron chi connectivity index (χ4n) is 1.86. The fraction of sp³-hybridized carbons (Fsp3) is 0.333. The number of rotatable bonds is 5. The van der Waals surface area contributed by atoms with E-state index in [1.165, 1.54) is 0 Å². The second kappa shape index (κ2) is 5.69. The summed E-state index contributed by atoms with van der Waals surface area (Å²) in [5.41, 5.74) is 3.14. The maximum absolute atomic E-state index is 10.5. The van der Waals surface area contributed by atoms with E-state index in [0.717, 1.165) is 16.9 Å². The molecule has 4 nitrogen and oxygen atoms in total. The van der Waals surface area contributed by atoms with Gasteiger partial charge in [-0.3, -0.25) is 4.79 Å². The number of carbonyl (C=O) groups is 1. The van der Waals surface area contributed by atoms with Gasteiger partial charge < -0.3 is 9.67 Å². The van der Waals surface area contributed by atoms with Crippen LogP contribution in [0, 0.1) is 0 Å². The Morgan fingerprint density at radius 1 is 1.32 bits per heavy atom. The van der Waals surface area contributed by atoms with E-state index in [1.807, 2.05) is 41.4 Å². The van der Waals surface area contributed by atoms with E-state index < -0.39 is 5.97 Å². The van der Waals surface area contributed by atoms with Gasteiger partial charge >= 0.3 is 5.97 Å². The SMILES string of the molecule is CC(C)c1cn(-c2ccc(CCC(=O)O)cc2)cn1. The van der Waals surface area contributed by atoms with Crippen LogP contribution in [-0.4, -0.2) is 20.6 Å². The van der Waals surface area contributed by atoms with Crippen LogP contribution in [0.25, 0.3) is 5.69 Å². The first-order valence-corrected chi connectivity index (χ1v) is 6.41. The Morgan fingerprint density at radius 2 is 2.00 bits per heavy atom. The molecule has 1 heterocycles. The van der Waals surface area contributed by atoms with Crippen LogP contribution in [0.5, 0.6) is 0 Å². The van der Waals surface area contributed by atoms with Gasteiger partial charge in [0.15, 0.2) is 0 Å². The molecular weight excluding hydrogens is 240 g/mol. The van der Waals surface area contributed by atoms with E-state index in [4.69, 9.17) is 5.11 Å². The van der Waals surface area contributed by atoms with Crippen molar-refractivity contribution in [2.45, 2.75) is 32.6 Å². The van der Waals surface area contributed by atoms with E-state index in [9.17, 15) is 4.79 Å². The number of benzene rings is 1. The second-order valence-electron chi connectivity index (χ2n) is 4.92. The van der Waals surface area contributed by atoms with Crippen LogP contribution in [0.3, 0.4) is 0 Å². The van der Waals surface area contributed by atoms with Gasteiger partial charge in [0.2, 0.25) is 0 Å². The molecule has 1 aromatic heterocycles. The minimum atomic E-state index is -0.764. The second-order valence-corrected chi connectivity index (χ2v) is 4.92. The maximum atomic E-state index is 10.5. The van der Waals surface area contributed by atoms with Gasteiger partial charge in [0, 0.05) is 18.3 Å². The zero-order valence-corrected chi connectivity index (χ0v) is 11.2. The van der Waals surface area contributed by atoms with Gasteiger partial charge in [0.25, 0.3) is 0 Å². The number of hydrogen-bond donors (Lipinski definition) is 1. The van der Waals surface area contributed by atoms with Crippen LogP contribution >= 0.6 is 0 Å². The monoisotopic (exact) mass is 258 g/mol. The lowest BCUT2D eigenvalue weighted by molar-refractivity contribution is -0.136. The Balaban J connectivity index is 2.10. The summed E-state index contributed by atoms with van der Waals surface area (Å²) >= 11 is 0. The molecule has 0 atom stereocenters. The fourth-order valence-corrected chi connectivity index (χ4v) is 1.86. The number of aromatic nitrogens is 2. The van der Waals surface area contributed by atoms with Crippen LogP contribution in [-0.2, 0) is 11.2 Å². The molecule has 2 aromatic rings. The Kier molecular flexibility index (Phi) is 4.00. The first-order chi connectivity index (χ1) is 9.06. The van der Waals surface area contributed by atoms with Gasteiger partial charge in [-0.2, -0.15) is 0 Å². The van der Waals surface area contributed by atoms with Gasteiger partial charge in [-0.15, -0.1) is 0 Å². The number of aryl methyl sites for hydroxylation is 1. The van der Waals surface area contributed by atoms with Crippen molar-refractivity contribution in [2.75, 3.05) is 0 Å². The third-order valence-electron chi connectivity index (χ3n) is 3.06. The highest BCUT2D eigenvalue weighted by atomic mass is 16.4. The molecule has 0 bridgehead atoms. The highest BCUT2D eigenvalue weighted by Gasteiger charge is 2.05. The van der Waals surface area contributed by atoms with E-state index in [2.05, 4.69) is 18.8 Å². The lowest BCUT2D eigenvalue weighted by Crippen LogP contribution is -1.98. The molecule has 0 aliphatic rings. The van der Waals surface area contributed by atoms with Gasteiger partial charge in [0.1, 0.15) is 0 Å². The molecule has 19 heavy (non-hydrogen) atoms. The van der Waals surface area contributed by atoms with Crippen molar-refractivity contribution in [3.8, 4) is 5.69 Å². The molecule has 0 fully saturated rings. The zero-order valence-electron chi connectivity index (χ0n) is 11.2. The van der Waals surface area contributed by atoms with Gasteiger partial charge in [-0.05, 0) is 30.0 Å². The normalized spacial score (nSPS) is 10.9. The first-order valence-electron chi connectivity index (χ1n) is 6.41. The third-order valence-corrected chi connectivity index (χ3v) is 3.06. The zero-order chi connectivity index (χ0) is 13.8. The molecular formula is C15H18N2O2. The van der Waals surface area contributed by atoms with Crippen LogP contribution in [0.15, 0.2) is 36.8 Å². The highest BCUT2D eigenvalue weighted by Crippen LogP contribution is 2.15. The van der Waals surface area contributed by atoms with E-state index in [0.29, 0.717) is 12.3 Å². The number of nitrogens with zero attached hydrogens (tertiary/aromatic N) is 2. The standard InChI is InChI=1S/C15H18N2O2/c1-11(2)14-9-17(10-16-14)13-6-3-12(4-7-13)5-8-15(18)19/h3-4,6-7,9-11H,5,8H2,1-2H3,(H,18,19). The van der Waals surface area contributed by atoms with E-state index in [1.54, 1.807) is 0 Å². The average Bonchev–Trinajstić information content (AvgIpc) is 2.86. The Bertz CT molecular complexity index is 556. The number of carboxylic acid groups (broad SMARTS) is 1. The quantitative estimate of drug-likeness (QED) is 0.896. The molecule has 0 saturated heterocycles. The molecule has 1 N–H and O–H groups in total. The molecule has 0 aliphatic carbocycles. The predicted molar refractivity (Wildman–Crippen MR) is 73.6 cm³/mol. The highest BCUT2D eigenvalue weighted by molar-refractivity contribution is 5.67. The Hall–Kier alpha value is -2.10. The van der Waals surface area contributed by atoms with Crippen molar-refractivity contribution >= 4 is 5.97 Å². The van der Waals surface area contributed by atoms with Gasteiger partial charge in [-0.25, -0.2) is 4.98 Å². The van der Waals surface area contributed by atoms with E-state index in [-0.39, 0.29) is 6.42 Å². The number of hydrogen-bond acceptors (Lipinski definition) is 2.